The van der Waals surface area contributed by atoms with Gasteiger partial charge in [-0.25, -0.2) is 0 Å². The molecular weight excluding hydrogens is 204 g/mol. The Bertz CT molecular complexity index is 262. The average Bonchev–Trinajstić information content (AvgIpc) is 2.76. The summed E-state index contributed by atoms with van der Waals surface area (Å²) in [4.78, 5) is 14.6. The van der Waals surface area contributed by atoms with Crippen LogP contribution in [0.2, 0.25) is 0 Å². The topological polar surface area (TPSA) is 41.6 Å². The van der Waals surface area contributed by atoms with Crippen molar-refractivity contribution in [2.75, 3.05) is 32.8 Å². The van der Waals surface area contributed by atoms with Gasteiger partial charge in [0.25, 0.3) is 0 Å². The third-order valence-corrected chi connectivity index (χ3v) is 3.84. The summed E-state index contributed by atoms with van der Waals surface area (Å²) in [5.41, 5.74) is -0.190. The summed E-state index contributed by atoms with van der Waals surface area (Å²) in [7, 11) is 0. The molecule has 2 rings (SSSR count). The normalized spacial score (nSPS) is 35.4. The molecule has 0 aromatic rings. The van der Waals surface area contributed by atoms with Gasteiger partial charge in [0.1, 0.15) is 0 Å². The third kappa shape index (κ3) is 2.09. The maximum atomic E-state index is 12.5. The number of hydrogen-bond donors (Lipinski definition) is 1. The van der Waals surface area contributed by atoms with Crippen LogP contribution >= 0.6 is 0 Å². The summed E-state index contributed by atoms with van der Waals surface area (Å²) < 4.78 is 5.44. The van der Waals surface area contributed by atoms with Crippen molar-refractivity contribution in [2.45, 2.75) is 32.7 Å². The van der Waals surface area contributed by atoms with E-state index in [4.69, 9.17) is 4.74 Å². The molecule has 16 heavy (non-hydrogen) atoms. The summed E-state index contributed by atoms with van der Waals surface area (Å²) >= 11 is 0. The number of morpholine rings is 1. The van der Waals surface area contributed by atoms with Gasteiger partial charge in [0.05, 0.1) is 24.7 Å². The summed E-state index contributed by atoms with van der Waals surface area (Å²) in [5, 5.41) is 3.29. The first kappa shape index (κ1) is 11.9. The Balaban J connectivity index is 2.07. The van der Waals surface area contributed by atoms with Gasteiger partial charge < -0.3 is 15.0 Å². The van der Waals surface area contributed by atoms with Crippen LogP contribution in [0.1, 0.15) is 26.7 Å². The highest BCUT2D eigenvalue weighted by atomic mass is 16.5. The summed E-state index contributed by atoms with van der Waals surface area (Å²) in [6, 6.07) is 0.277. The molecule has 4 nitrogen and oxygen atoms in total. The largest absolute Gasteiger partial charge is 0.377 e. The number of carbonyl (C=O) groups is 1. The van der Waals surface area contributed by atoms with Crippen molar-refractivity contribution in [1.82, 2.24) is 10.2 Å². The van der Waals surface area contributed by atoms with Gasteiger partial charge in [-0.1, -0.05) is 6.92 Å². The minimum atomic E-state index is -0.190. The molecule has 2 aliphatic heterocycles. The van der Waals surface area contributed by atoms with Gasteiger partial charge in [0, 0.05) is 13.1 Å². The van der Waals surface area contributed by atoms with Gasteiger partial charge >= 0.3 is 0 Å². The van der Waals surface area contributed by atoms with Crippen molar-refractivity contribution in [3.05, 3.63) is 0 Å². The fourth-order valence-corrected chi connectivity index (χ4v) is 2.61. The molecule has 1 N–H and O–H groups in total. The summed E-state index contributed by atoms with van der Waals surface area (Å²) in [6.07, 6.45) is 1.94. The number of ether oxygens (including phenoxy) is 1. The lowest BCUT2D eigenvalue weighted by atomic mass is 9.87. The average molecular weight is 226 g/mol. The molecule has 1 amide bonds. The highest BCUT2D eigenvalue weighted by Crippen LogP contribution is 2.29. The first-order valence-electron chi connectivity index (χ1n) is 6.27. The summed E-state index contributed by atoms with van der Waals surface area (Å²) in [5.74, 6) is 0.313. The van der Waals surface area contributed by atoms with Crippen molar-refractivity contribution in [2.24, 2.45) is 5.41 Å². The number of carbonyl (C=O) groups excluding carboxylic acids is 1. The molecule has 2 aliphatic rings. The molecule has 0 aromatic heterocycles. The first-order chi connectivity index (χ1) is 7.67. The molecule has 2 heterocycles. The molecule has 92 valence electrons. The smallest absolute Gasteiger partial charge is 0.230 e. The number of amides is 1. The van der Waals surface area contributed by atoms with Crippen LogP contribution in [0.15, 0.2) is 0 Å². The third-order valence-electron chi connectivity index (χ3n) is 3.84. The van der Waals surface area contributed by atoms with Gasteiger partial charge in [-0.2, -0.15) is 0 Å². The SMILES string of the molecule is CCC1COCCN1C(=O)C1(C)CCNC1. The molecule has 0 aromatic carbocycles. The van der Waals surface area contributed by atoms with E-state index < -0.39 is 0 Å². The van der Waals surface area contributed by atoms with Crippen LogP contribution in [0, 0.1) is 5.41 Å². The van der Waals surface area contributed by atoms with Crippen molar-refractivity contribution in [3.8, 4) is 0 Å². The van der Waals surface area contributed by atoms with Crippen LogP contribution in [0.3, 0.4) is 0 Å². The van der Waals surface area contributed by atoms with Crippen LogP contribution in [0.25, 0.3) is 0 Å². The lowest BCUT2D eigenvalue weighted by molar-refractivity contribution is -0.149. The van der Waals surface area contributed by atoms with Crippen LogP contribution in [-0.2, 0) is 9.53 Å². The highest BCUT2D eigenvalue weighted by molar-refractivity contribution is 5.83. The molecule has 4 heteroatoms. The molecular formula is C12H22N2O2. The van der Waals surface area contributed by atoms with Gasteiger partial charge in [-0.15, -0.1) is 0 Å². The summed E-state index contributed by atoms with van der Waals surface area (Å²) in [6.45, 7) is 8.12. The molecule has 0 aliphatic carbocycles. The van der Waals surface area contributed by atoms with E-state index in [1.807, 2.05) is 4.90 Å². The van der Waals surface area contributed by atoms with E-state index in [9.17, 15) is 4.79 Å². The lowest BCUT2D eigenvalue weighted by Crippen LogP contribution is -2.53. The Hall–Kier alpha value is -0.610. The van der Waals surface area contributed by atoms with Crippen LogP contribution in [-0.4, -0.2) is 49.7 Å². The van der Waals surface area contributed by atoms with Crippen molar-refractivity contribution >= 4 is 5.91 Å². The zero-order valence-electron chi connectivity index (χ0n) is 10.3. The van der Waals surface area contributed by atoms with Gasteiger partial charge in [-0.3, -0.25) is 4.79 Å². The predicted octanol–water partition coefficient (Wildman–Crippen LogP) is 0.623. The van der Waals surface area contributed by atoms with E-state index >= 15 is 0 Å². The monoisotopic (exact) mass is 226 g/mol. The number of nitrogens with one attached hydrogen (secondary N) is 1. The quantitative estimate of drug-likeness (QED) is 0.750. The van der Waals surface area contributed by atoms with Crippen LogP contribution < -0.4 is 5.32 Å². The van der Waals surface area contributed by atoms with Gasteiger partial charge in [0.15, 0.2) is 0 Å². The maximum absolute atomic E-state index is 12.5. The maximum Gasteiger partial charge on any atom is 0.230 e. The molecule has 2 saturated heterocycles. The van der Waals surface area contributed by atoms with Gasteiger partial charge in [-0.05, 0) is 26.3 Å². The molecule has 2 unspecified atom stereocenters. The minimum Gasteiger partial charge on any atom is -0.377 e. The Morgan fingerprint density at radius 1 is 1.62 bits per heavy atom. The molecule has 0 radical (unpaired) electrons. The first-order valence-corrected chi connectivity index (χ1v) is 6.27. The zero-order valence-corrected chi connectivity index (χ0v) is 10.3. The van der Waals surface area contributed by atoms with E-state index in [1.165, 1.54) is 0 Å². The fourth-order valence-electron chi connectivity index (χ4n) is 2.61. The van der Waals surface area contributed by atoms with Crippen LogP contribution in [0.4, 0.5) is 0 Å². The Morgan fingerprint density at radius 2 is 2.44 bits per heavy atom. The van der Waals surface area contributed by atoms with E-state index in [0.29, 0.717) is 19.1 Å². The lowest BCUT2D eigenvalue weighted by Gasteiger charge is -2.39. The second kappa shape index (κ2) is 4.72. The second-order valence-electron chi connectivity index (χ2n) is 5.12. The Morgan fingerprint density at radius 3 is 3.06 bits per heavy atom. The van der Waals surface area contributed by atoms with Crippen LogP contribution in [0.5, 0.6) is 0 Å². The molecule has 2 atom stereocenters. The number of rotatable bonds is 2. The Kier molecular flexibility index (Phi) is 3.50. The van der Waals surface area contributed by atoms with Gasteiger partial charge in [0.2, 0.25) is 5.91 Å². The fraction of sp³-hybridized carbons (Fsp3) is 0.917. The van der Waals surface area contributed by atoms with Crippen molar-refractivity contribution < 1.29 is 9.53 Å². The molecule has 0 saturated carbocycles. The van der Waals surface area contributed by atoms with E-state index in [1.54, 1.807) is 0 Å². The number of nitrogens with zero attached hydrogens (tertiary/aromatic N) is 1. The minimum absolute atomic E-state index is 0.190. The Labute approximate surface area is 97.3 Å². The van der Waals surface area contributed by atoms with Crippen molar-refractivity contribution in [3.63, 3.8) is 0 Å². The number of hydrogen-bond acceptors (Lipinski definition) is 3. The van der Waals surface area contributed by atoms with E-state index in [-0.39, 0.29) is 11.5 Å². The van der Waals surface area contributed by atoms with Crippen molar-refractivity contribution in [1.29, 1.82) is 0 Å². The standard InChI is InChI=1S/C12H22N2O2/c1-3-10-8-16-7-6-14(10)11(15)12(2)4-5-13-9-12/h10,13H,3-9H2,1-2H3. The van der Waals surface area contributed by atoms with E-state index in [2.05, 4.69) is 19.2 Å². The predicted molar refractivity (Wildman–Crippen MR) is 62.2 cm³/mol. The molecule has 2 fully saturated rings. The van der Waals surface area contributed by atoms with E-state index in [0.717, 1.165) is 32.5 Å². The zero-order chi connectivity index (χ0) is 11.6. The molecule has 0 spiro atoms. The molecule has 0 bridgehead atoms. The second-order valence-corrected chi connectivity index (χ2v) is 5.12. The highest BCUT2D eigenvalue weighted by Gasteiger charge is 2.41.